The van der Waals surface area contributed by atoms with Gasteiger partial charge in [-0.15, -0.1) is 0 Å². The van der Waals surface area contributed by atoms with Crippen LogP contribution in [0.3, 0.4) is 0 Å². The number of aromatic nitrogens is 5. The zero-order valence-electron chi connectivity index (χ0n) is 10.3. The number of nitrogens with zero attached hydrogens (tertiary/aromatic N) is 5. The van der Waals surface area contributed by atoms with Gasteiger partial charge in [0, 0.05) is 30.9 Å². The summed E-state index contributed by atoms with van der Waals surface area (Å²) in [6, 6.07) is -0.0639. The minimum Gasteiger partial charge on any atom is -0.271 e. The number of hydrogen-bond donors (Lipinski definition) is 2. The lowest BCUT2D eigenvalue weighted by Gasteiger charge is -2.15. The smallest absolute Gasteiger partial charge is 0.138 e. The van der Waals surface area contributed by atoms with Crippen LogP contribution in [-0.2, 0) is 13.0 Å². The Kier molecular flexibility index (Phi) is 4.32. The van der Waals surface area contributed by atoms with E-state index in [1.807, 2.05) is 4.68 Å². The summed E-state index contributed by atoms with van der Waals surface area (Å²) < 4.78 is 1.90. The molecular weight excluding hydrogens is 230 g/mol. The first-order valence-electron chi connectivity index (χ1n) is 5.92. The second kappa shape index (κ2) is 6.18. The molecule has 0 aliphatic rings. The zero-order chi connectivity index (χ0) is 12.8. The van der Waals surface area contributed by atoms with E-state index in [-0.39, 0.29) is 6.04 Å². The average molecular weight is 247 g/mol. The fourth-order valence-electron chi connectivity index (χ4n) is 1.79. The van der Waals surface area contributed by atoms with Gasteiger partial charge in [0.1, 0.15) is 18.5 Å². The third-order valence-corrected chi connectivity index (χ3v) is 2.70. The Morgan fingerprint density at radius 2 is 2.11 bits per heavy atom. The van der Waals surface area contributed by atoms with Crippen LogP contribution < -0.4 is 11.3 Å². The molecule has 0 fully saturated rings. The molecule has 96 valence electrons. The number of hydrogen-bond acceptors (Lipinski definition) is 6. The van der Waals surface area contributed by atoms with Gasteiger partial charge >= 0.3 is 0 Å². The molecule has 0 saturated heterocycles. The zero-order valence-corrected chi connectivity index (χ0v) is 10.3. The molecule has 0 aromatic carbocycles. The third-order valence-electron chi connectivity index (χ3n) is 2.70. The summed E-state index contributed by atoms with van der Waals surface area (Å²) in [4.78, 5) is 12.2. The molecule has 1 atom stereocenters. The van der Waals surface area contributed by atoms with E-state index in [0.29, 0.717) is 6.42 Å². The van der Waals surface area contributed by atoms with Crippen LogP contribution >= 0.6 is 0 Å². The van der Waals surface area contributed by atoms with Crippen LogP contribution in [-0.4, -0.2) is 24.7 Å². The molecule has 0 aliphatic carbocycles. The summed E-state index contributed by atoms with van der Waals surface area (Å²) in [5.74, 6) is 6.49. The van der Waals surface area contributed by atoms with E-state index in [4.69, 9.17) is 5.84 Å². The predicted octanol–water partition coefficient (Wildman–Crippen LogP) is 0.225. The lowest BCUT2D eigenvalue weighted by atomic mass is 10.1. The number of nitrogens with one attached hydrogen (secondary N) is 1. The van der Waals surface area contributed by atoms with Crippen LogP contribution in [0.25, 0.3) is 0 Å². The first-order valence-corrected chi connectivity index (χ1v) is 5.92. The molecule has 7 heteroatoms. The predicted molar refractivity (Wildman–Crippen MR) is 66.1 cm³/mol. The molecule has 2 rings (SSSR count). The lowest BCUT2D eigenvalue weighted by Crippen LogP contribution is -2.30. The molecule has 0 radical (unpaired) electrons. The highest BCUT2D eigenvalue weighted by molar-refractivity contribution is 5.11. The largest absolute Gasteiger partial charge is 0.271 e. The highest BCUT2D eigenvalue weighted by atomic mass is 15.3. The van der Waals surface area contributed by atoms with Crippen molar-refractivity contribution in [1.82, 2.24) is 30.2 Å². The summed E-state index contributed by atoms with van der Waals surface area (Å²) in [7, 11) is 0. The molecule has 18 heavy (non-hydrogen) atoms. The van der Waals surface area contributed by atoms with Crippen molar-refractivity contribution in [2.45, 2.75) is 32.4 Å². The fourth-order valence-corrected chi connectivity index (χ4v) is 1.79. The van der Waals surface area contributed by atoms with Crippen molar-refractivity contribution >= 4 is 0 Å². The second-order valence-electron chi connectivity index (χ2n) is 3.99. The van der Waals surface area contributed by atoms with Gasteiger partial charge in [0.25, 0.3) is 0 Å². The van der Waals surface area contributed by atoms with Crippen LogP contribution in [0.5, 0.6) is 0 Å². The Morgan fingerprint density at radius 1 is 1.33 bits per heavy atom. The topological polar surface area (TPSA) is 94.5 Å². The quantitative estimate of drug-likeness (QED) is 0.560. The van der Waals surface area contributed by atoms with Crippen molar-refractivity contribution in [1.29, 1.82) is 0 Å². The summed E-state index contributed by atoms with van der Waals surface area (Å²) in [6.45, 7) is 2.97. The molecule has 0 spiro atoms. The summed E-state index contributed by atoms with van der Waals surface area (Å²) in [5, 5.41) is 4.19. The first kappa shape index (κ1) is 12.6. The van der Waals surface area contributed by atoms with Gasteiger partial charge < -0.3 is 0 Å². The highest BCUT2D eigenvalue weighted by Gasteiger charge is 2.14. The van der Waals surface area contributed by atoms with Crippen LogP contribution in [0.2, 0.25) is 0 Å². The highest BCUT2D eigenvalue weighted by Crippen LogP contribution is 2.14. The SMILES string of the molecule is CCCn1ncnc1CC(NN)c1cncnc1. The molecule has 2 aromatic rings. The fraction of sp³-hybridized carbons (Fsp3) is 0.455. The second-order valence-corrected chi connectivity index (χ2v) is 3.99. The van der Waals surface area contributed by atoms with Crippen molar-refractivity contribution in [2.75, 3.05) is 0 Å². The van der Waals surface area contributed by atoms with Crippen molar-refractivity contribution in [3.8, 4) is 0 Å². The van der Waals surface area contributed by atoms with Gasteiger partial charge in [-0.1, -0.05) is 6.92 Å². The standard InChI is InChI=1S/C11H17N7/c1-2-3-18-11(15-8-16-18)4-10(17-12)9-5-13-7-14-6-9/h5-8,10,17H,2-4,12H2,1H3. The molecule has 2 aromatic heterocycles. The Hall–Kier alpha value is -1.86. The Labute approximate surface area is 105 Å². The van der Waals surface area contributed by atoms with E-state index in [0.717, 1.165) is 24.4 Å². The van der Waals surface area contributed by atoms with E-state index < -0.39 is 0 Å². The Bertz CT molecular complexity index is 467. The molecule has 0 bridgehead atoms. The molecule has 2 heterocycles. The number of nitrogens with two attached hydrogens (primary N) is 1. The van der Waals surface area contributed by atoms with Crippen molar-refractivity contribution in [3.63, 3.8) is 0 Å². The molecule has 0 amide bonds. The van der Waals surface area contributed by atoms with Gasteiger partial charge in [-0.2, -0.15) is 5.10 Å². The van der Waals surface area contributed by atoms with Gasteiger partial charge in [-0.25, -0.2) is 15.0 Å². The van der Waals surface area contributed by atoms with Crippen molar-refractivity contribution in [2.24, 2.45) is 5.84 Å². The third kappa shape index (κ3) is 2.88. The average Bonchev–Trinajstić information content (AvgIpc) is 2.85. The molecule has 1 unspecified atom stereocenters. The summed E-state index contributed by atoms with van der Waals surface area (Å²) in [6.07, 6.45) is 8.24. The van der Waals surface area contributed by atoms with Crippen LogP contribution in [0.1, 0.15) is 30.8 Å². The number of hydrazine groups is 1. The van der Waals surface area contributed by atoms with E-state index in [1.54, 1.807) is 18.7 Å². The molecular formula is C11H17N7. The van der Waals surface area contributed by atoms with Gasteiger partial charge in [0.2, 0.25) is 0 Å². The van der Waals surface area contributed by atoms with Gasteiger partial charge in [-0.3, -0.25) is 16.0 Å². The molecule has 7 nitrogen and oxygen atoms in total. The Morgan fingerprint density at radius 3 is 2.78 bits per heavy atom. The minimum atomic E-state index is -0.0639. The van der Waals surface area contributed by atoms with Gasteiger partial charge in [0.15, 0.2) is 0 Å². The van der Waals surface area contributed by atoms with Crippen LogP contribution in [0, 0.1) is 0 Å². The monoisotopic (exact) mass is 247 g/mol. The van der Waals surface area contributed by atoms with E-state index in [1.165, 1.54) is 6.33 Å². The molecule has 0 saturated carbocycles. The Balaban J connectivity index is 2.13. The number of aryl methyl sites for hydroxylation is 1. The lowest BCUT2D eigenvalue weighted by molar-refractivity contribution is 0.497. The molecule has 0 aliphatic heterocycles. The maximum absolute atomic E-state index is 5.58. The minimum absolute atomic E-state index is 0.0639. The molecule has 3 N–H and O–H groups in total. The normalized spacial score (nSPS) is 12.6. The van der Waals surface area contributed by atoms with E-state index >= 15 is 0 Å². The maximum atomic E-state index is 5.58. The number of rotatable bonds is 6. The summed E-state index contributed by atoms with van der Waals surface area (Å²) >= 11 is 0. The first-order chi connectivity index (χ1) is 8.85. The van der Waals surface area contributed by atoms with E-state index in [2.05, 4.69) is 32.4 Å². The van der Waals surface area contributed by atoms with Gasteiger partial charge in [0.05, 0.1) is 6.04 Å². The van der Waals surface area contributed by atoms with Gasteiger partial charge in [-0.05, 0) is 6.42 Å². The summed E-state index contributed by atoms with van der Waals surface area (Å²) in [5.41, 5.74) is 3.70. The van der Waals surface area contributed by atoms with Crippen molar-refractivity contribution < 1.29 is 0 Å². The van der Waals surface area contributed by atoms with Crippen LogP contribution in [0.15, 0.2) is 25.0 Å². The van der Waals surface area contributed by atoms with Crippen LogP contribution in [0.4, 0.5) is 0 Å². The van der Waals surface area contributed by atoms with Crippen molar-refractivity contribution in [3.05, 3.63) is 36.4 Å². The van der Waals surface area contributed by atoms with E-state index in [9.17, 15) is 0 Å². The maximum Gasteiger partial charge on any atom is 0.138 e.